The maximum Gasteiger partial charge on any atom is 0.116 e. The van der Waals surface area contributed by atoms with E-state index in [1.807, 2.05) is 6.07 Å². The lowest BCUT2D eigenvalue weighted by Gasteiger charge is -2.15. The molecule has 0 N–H and O–H groups in total. The smallest absolute Gasteiger partial charge is 0.116 e. The Kier molecular flexibility index (Phi) is 6.84. The fourth-order valence-electron chi connectivity index (χ4n) is 7.16. The second kappa shape index (κ2) is 11.8. The van der Waals surface area contributed by atoms with Crippen molar-refractivity contribution >= 4 is 32.3 Å². The van der Waals surface area contributed by atoms with Crippen LogP contribution in [-0.4, -0.2) is 9.97 Å². The number of nitrogens with zero attached hydrogens (tertiary/aromatic N) is 2. The van der Waals surface area contributed by atoms with Crippen LogP contribution in [0.3, 0.4) is 0 Å². The third kappa shape index (κ3) is 4.83. The molecule has 0 aliphatic rings. The van der Waals surface area contributed by atoms with Crippen LogP contribution in [0.1, 0.15) is 0 Å². The quantitative estimate of drug-likeness (QED) is 0.181. The molecule has 1 heterocycles. The highest BCUT2D eigenvalue weighted by molar-refractivity contribution is 6.28. The molecule has 8 aromatic carbocycles. The van der Waals surface area contributed by atoms with Crippen LogP contribution in [0.25, 0.3) is 88.2 Å². The topological polar surface area (TPSA) is 25.8 Å². The standard InChI is InChI=1S/C46H30N2/c1-2-13-31(14-3-1)32-15-10-18-35(27-32)44-29-45(48-30-47-44)41-23-8-4-19-36(41)33-16-11-17-34(28-33)37-25-12-26-43-40-21-6-5-20-38(40)39-22-7-9-24-42(39)46(37)43/h1-30H. The molecule has 224 valence electrons. The predicted molar refractivity (Wildman–Crippen MR) is 202 cm³/mol. The normalized spacial score (nSPS) is 11.3. The molecule has 0 amide bonds. The number of fused-ring (bicyclic) bond motifs is 6. The van der Waals surface area contributed by atoms with E-state index < -0.39 is 0 Å². The Morgan fingerprint density at radius 1 is 0.271 bits per heavy atom. The predicted octanol–water partition coefficient (Wildman–Crippen LogP) is 12.3. The van der Waals surface area contributed by atoms with Gasteiger partial charge in [0.2, 0.25) is 0 Å². The van der Waals surface area contributed by atoms with Crippen LogP contribution < -0.4 is 0 Å². The minimum Gasteiger partial charge on any atom is -0.236 e. The van der Waals surface area contributed by atoms with E-state index in [-0.39, 0.29) is 0 Å². The summed E-state index contributed by atoms with van der Waals surface area (Å²) in [6, 6.07) is 62.8. The Bertz CT molecular complexity index is 2580. The fourth-order valence-corrected chi connectivity index (χ4v) is 7.16. The van der Waals surface area contributed by atoms with Gasteiger partial charge in [0.1, 0.15) is 6.33 Å². The lowest BCUT2D eigenvalue weighted by molar-refractivity contribution is 1.18. The van der Waals surface area contributed by atoms with E-state index in [9.17, 15) is 0 Å². The van der Waals surface area contributed by atoms with Crippen molar-refractivity contribution in [3.63, 3.8) is 0 Å². The fraction of sp³-hybridized carbons (Fsp3) is 0. The molecule has 0 aliphatic heterocycles. The molecule has 9 aromatic rings. The van der Waals surface area contributed by atoms with Gasteiger partial charge < -0.3 is 0 Å². The average molecular weight is 611 g/mol. The minimum atomic E-state index is 0.897. The monoisotopic (exact) mass is 610 g/mol. The molecule has 0 bridgehead atoms. The molecule has 0 radical (unpaired) electrons. The van der Waals surface area contributed by atoms with Gasteiger partial charge >= 0.3 is 0 Å². The molecule has 9 rings (SSSR count). The molecular formula is C46H30N2. The van der Waals surface area contributed by atoms with Gasteiger partial charge in [0.25, 0.3) is 0 Å². The first kappa shape index (κ1) is 27.9. The van der Waals surface area contributed by atoms with Gasteiger partial charge in [-0.05, 0) is 83.9 Å². The Labute approximate surface area is 279 Å². The summed E-state index contributed by atoms with van der Waals surface area (Å²) in [4.78, 5) is 9.47. The summed E-state index contributed by atoms with van der Waals surface area (Å²) in [5.74, 6) is 0. The van der Waals surface area contributed by atoms with Crippen molar-refractivity contribution in [1.29, 1.82) is 0 Å². The summed E-state index contributed by atoms with van der Waals surface area (Å²) in [6.07, 6.45) is 1.68. The zero-order valence-corrected chi connectivity index (χ0v) is 26.2. The van der Waals surface area contributed by atoms with Crippen LogP contribution in [0.2, 0.25) is 0 Å². The number of benzene rings is 8. The van der Waals surface area contributed by atoms with E-state index in [0.29, 0.717) is 0 Å². The number of rotatable bonds is 5. The Balaban J connectivity index is 1.16. The lowest BCUT2D eigenvalue weighted by atomic mass is 9.88. The summed E-state index contributed by atoms with van der Waals surface area (Å²) in [5.41, 5.74) is 11.0. The molecule has 0 aliphatic carbocycles. The molecule has 48 heavy (non-hydrogen) atoms. The van der Waals surface area contributed by atoms with Gasteiger partial charge in [-0.15, -0.1) is 0 Å². The van der Waals surface area contributed by atoms with Gasteiger partial charge in [0.15, 0.2) is 0 Å². The molecule has 2 heteroatoms. The van der Waals surface area contributed by atoms with Crippen LogP contribution in [-0.2, 0) is 0 Å². The third-order valence-corrected chi connectivity index (χ3v) is 9.39. The first-order chi connectivity index (χ1) is 23.8. The second-order valence-electron chi connectivity index (χ2n) is 12.2. The van der Waals surface area contributed by atoms with Gasteiger partial charge in [-0.3, -0.25) is 0 Å². The minimum absolute atomic E-state index is 0.897. The summed E-state index contributed by atoms with van der Waals surface area (Å²) in [5, 5.41) is 7.69. The largest absolute Gasteiger partial charge is 0.236 e. The van der Waals surface area contributed by atoms with Crippen molar-refractivity contribution in [2.45, 2.75) is 0 Å². The van der Waals surface area contributed by atoms with Gasteiger partial charge in [0, 0.05) is 11.1 Å². The molecule has 0 spiro atoms. The molecular weight excluding hydrogens is 581 g/mol. The molecule has 0 saturated heterocycles. The highest BCUT2D eigenvalue weighted by Crippen LogP contribution is 2.41. The Morgan fingerprint density at radius 2 is 0.729 bits per heavy atom. The molecule has 0 unspecified atom stereocenters. The first-order valence-corrected chi connectivity index (χ1v) is 16.3. The molecule has 2 nitrogen and oxygen atoms in total. The van der Waals surface area contributed by atoms with Crippen LogP contribution in [0.5, 0.6) is 0 Å². The summed E-state index contributed by atoms with van der Waals surface area (Å²) in [7, 11) is 0. The SMILES string of the molecule is c1ccc(-c2cccc(-c3cc(-c4ccccc4-c4cccc(-c5cccc6c7ccccc7c7ccccc7c56)c4)ncn3)c2)cc1. The Hall–Kier alpha value is -6.38. The van der Waals surface area contributed by atoms with E-state index in [1.165, 1.54) is 54.6 Å². The first-order valence-electron chi connectivity index (χ1n) is 16.3. The van der Waals surface area contributed by atoms with Gasteiger partial charge in [0.05, 0.1) is 11.4 Å². The molecule has 0 atom stereocenters. The van der Waals surface area contributed by atoms with Crippen molar-refractivity contribution in [2.24, 2.45) is 0 Å². The van der Waals surface area contributed by atoms with E-state index in [2.05, 4.69) is 170 Å². The van der Waals surface area contributed by atoms with Gasteiger partial charge in [-0.25, -0.2) is 9.97 Å². The van der Waals surface area contributed by atoms with Gasteiger partial charge in [-0.1, -0.05) is 158 Å². The summed E-state index contributed by atoms with van der Waals surface area (Å²) in [6.45, 7) is 0. The average Bonchev–Trinajstić information content (AvgIpc) is 3.18. The number of hydrogen-bond donors (Lipinski definition) is 0. The van der Waals surface area contributed by atoms with Crippen LogP contribution in [0.4, 0.5) is 0 Å². The van der Waals surface area contributed by atoms with Crippen molar-refractivity contribution in [3.8, 4) is 55.9 Å². The van der Waals surface area contributed by atoms with E-state index >= 15 is 0 Å². The van der Waals surface area contributed by atoms with E-state index in [1.54, 1.807) is 6.33 Å². The lowest BCUT2D eigenvalue weighted by Crippen LogP contribution is -1.92. The van der Waals surface area contributed by atoms with Gasteiger partial charge in [-0.2, -0.15) is 0 Å². The molecule has 0 saturated carbocycles. The number of aromatic nitrogens is 2. The molecule has 1 aromatic heterocycles. The van der Waals surface area contributed by atoms with Crippen LogP contribution >= 0.6 is 0 Å². The summed E-state index contributed by atoms with van der Waals surface area (Å²) >= 11 is 0. The van der Waals surface area contributed by atoms with Crippen molar-refractivity contribution in [1.82, 2.24) is 9.97 Å². The van der Waals surface area contributed by atoms with Crippen LogP contribution in [0.15, 0.2) is 182 Å². The highest BCUT2D eigenvalue weighted by atomic mass is 14.8. The second-order valence-corrected chi connectivity index (χ2v) is 12.2. The zero-order chi connectivity index (χ0) is 31.9. The maximum absolute atomic E-state index is 4.78. The third-order valence-electron chi connectivity index (χ3n) is 9.39. The van der Waals surface area contributed by atoms with Crippen molar-refractivity contribution in [3.05, 3.63) is 182 Å². The zero-order valence-electron chi connectivity index (χ0n) is 26.2. The van der Waals surface area contributed by atoms with E-state index in [0.717, 1.165) is 33.6 Å². The highest BCUT2D eigenvalue weighted by Gasteiger charge is 2.15. The summed E-state index contributed by atoms with van der Waals surface area (Å²) < 4.78 is 0. The Morgan fingerprint density at radius 3 is 1.48 bits per heavy atom. The maximum atomic E-state index is 4.78. The number of hydrogen-bond acceptors (Lipinski definition) is 2. The molecule has 0 fully saturated rings. The van der Waals surface area contributed by atoms with Crippen molar-refractivity contribution in [2.75, 3.05) is 0 Å². The van der Waals surface area contributed by atoms with Crippen molar-refractivity contribution < 1.29 is 0 Å². The van der Waals surface area contributed by atoms with Crippen LogP contribution in [0, 0.1) is 0 Å². The van der Waals surface area contributed by atoms with E-state index in [4.69, 9.17) is 9.97 Å².